The molecule has 3 heterocycles. The van der Waals surface area contributed by atoms with E-state index in [-0.39, 0.29) is 11.9 Å². The number of halogens is 1. The van der Waals surface area contributed by atoms with Gasteiger partial charge in [0.25, 0.3) is 0 Å². The topological polar surface area (TPSA) is 71.1 Å². The van der Waals surface area contributed by atoms with Crippen LogP contribution >= 0.6 is 34.7 Å². The molecule has 4 rings (SSSR count). The fraction of sp³-hybridized carbons (Fsp3) is 0.316. The summed E-state index contributed by atoms with van der Waals surface area (Å²) in [4.78, 5) is 20.5. The van der Waals surface area contributed by atoms with Crippen molar-refractivity contribution in [3.05, 3.63) is 45.6 Å². The molecule has 0 radical (unpaired) electrons. The predicted molar refractivity (Wildman–Crippen MR) is 112 cm³/mol. The second kappa shape index (κ2) is 8.55. The number of aromatic amines is 1. The number of amides is 1. The van der Waals surface area contributed by atoms with Crippen LogP contribution in [0, 0.1) is 0 Å². The molecule has 9 heteroatoms. The molecule has 0 bridgehead atoms. The average Bonchev–Trinajstić information content (AvgIpc) is 3.47. The van der Waals surface area contributed by atoms with Gasteiger partial charge in [-0.15, -0.1) is 16.4 Å². The summed E-state index contributed by atoms with van der Waals surface area (Å²) in [6.45, 7) is 0.806. The maximum Gasteiger partial charge on any atom is 0.233 e. The van der Waals surface area contributed by atoms with Gasteiger partial charge >= 0.3 is 0 Å². The SMILES string of the molecule is COc1ccc(Cl)cc1-c1nc(SCC(=O)N2CCCC2c2cccs2)n[nH]1. The zero-order valence-electron chi connectivity index (χ0n) is 15.2. The lowest BCUT2D eigenvalue weighted by molar-refractivity contribution is -0.129. The van der Waals surface area contributed by atoms with Crippen molar-refractivity contribution >= 4 is 40.6 Å². The van der Waals surface area contributed by atoms with Gasteiger partial charge in [0.05, 0.1) is 24.5 Å². The van der Waals surface area contributed by atoms with Crippen LogP contribution in [0.25, 0.3) is 11.4 Å². The Balaban J connectivity index is 1.42. The molecule has 1 unspecified atom stereocenters. The molecule has 0 spiro atoms. The van der Waals surface area contributed by atoms with Gasteiger partial charge in [0, 0.05) is 16.4 Å². The molecule has 1 N–H and O–H groups in total. The van der Waals surface area contributed by atoms with E-state index in [0.717, 1.165) is 24.9 Å². The van der Waals surface area contributed by atoms with Crippen LogP contribution in [0.2, 0.25) is 5.02 Å². The zero-order valence-corrected chi connectivity index (χ0v) is 17.6. The van der Waals surface area contributed by atoms with E-state index in [1.165, 1.54) is 16.6 Å². The summed E-state index contributed by atoms with van der Waals surface area (Å²) in [5, 5.41) is 10.3. The van der Waals surface area contributed by atoms with E-state index >= 15 is 0 Å². The fourth-order valence-electron chi connectivity index (χ4n) is 3.35. The predicted octanol–water partition coefficient (Wildman–Crippen LogP) is 4.65. The minimum atomic E-state index is 0.118. The third-order valence-corrected chi connectivity index (χ3v) is 6.69. The van der Waals surface area contributed by atoms with Gasteiger partial charge in [0.2, 0.25) is 11.1 Å². The van der Waals surface area contributed by atoms with Crippen LogP contribution < -0.4 is 4.74 Å². The highest BCUT2D eigenvalue weighted by atomic mass is 35.5. The number of carbonyl (C=O) groups is 1. The summed E-state index contributed by atoms with van der Waals surface area (Å²) in [5.74, 6) is 1.65. The molecule has 0 aliphatic carbocycles. The molecule has 1 saturated heterocycles. The number of carbonyl (C=O) groups excluding carboxylic acids is 1. The van der Waals surface area contributed by atoms with Crippen molar-refractivity contribution in [1.82, 2.24) is 20.1 Å². The van der Waals surface area contributed by atoms with Gasteiger partial charge in [-0.1, -0.05) is 29.4 Å². The molecule has 1 fully saturated rings. The Kier molecular flexibility index (Phi) is 5.89. The number of thiophene rings is 1. The number of benzene rings is 1. The highest BCUT2D eigenvalue weighted by molar-refractivity contribution is 7.99. The Morgan fingerprint density at radius 1 is 1.46 bits per heavy atom. The number of nitrogens with one attached hydrogen (secondary N) is 1. The van der Waals surface area contributed by atoms with E-state index in [1.807, 2.05) is 11.0 Å². The second-order valence-corrected chi connectivity index (χ2v) is 8.72. The molecule has 1 aliphatic rings. The van der Waals surface area contributed by atoms with Gasteiger partial charge in [0.15, 0.2) is 5.82 Å². The number of rotatable bonds is 6. The van der Waals surface area contributed by atoms with Crippen LogP contribution in [0.4, 0.5) is 0 Å². The van der Waals surface area contributed by atoms with Crippen LogP contribution in [0.3, 0.4) is 0 Å². The van der Waals surface area contributed by atoms with Gasteiger partial charge in [-0.05, 0) is 42.5 Å². The van der Waals surface area contributed by atoms with Gasteiger partial charge in [-0.25, -0.2) is 4.98 Å². The van der Waals surface area contributed by atoms with Crippen LogP contribution in [-0.2, 0) is 4.79 Å². The van der Waals surface area contributed by atoms with Crippen LogP contribution in [0.1, 0.15) is 23.8 Å². The molecule has 0 saturated carbocycles. The highest BCUT2D eigenvalue weighted by Crippen LogP contribution is 2.35. The van der Waals surface area contributed by atoms with Crippen LogP contribution in [-0.4, -0.2) is 45.4 Å². The van der Waals surface area contributed by atoms with E-state index in [0.29, 0.717) is 27.5 Å². The first-order valence-corrected chi connectivity index (χ1v) is 11.1. The molecular formula is C19H19ClN4O2S2. The van der Waals surface area contributed by atoms with E-state index in [9.17, 15) is 4.79 Å². The number of aromatic nitrogens is 3. The molecule has 1 aromatic carbocycles. The van der Waals surface area contributed by atoms with Crippen molar-refractivity contribution < 1.29 is 9.53 Å². The molecule has 3 aromatic rings. The fourth-order valence-corrected chi connectivity index (χ4v) is 5.08. The molecule has 6 nitrogen and oxygen atoms in total. The molecular weight excluding hydrogens is 416 g/mol. The third kappa shape index (κ3) is 4.04. The largest absolute Gasteiger partial charge is 0.496 e. The third-order valence-electron chi connectivity index (χ3n) is 4.65. The standard InChI is InChI=1S/C19H19ClN4O2S2/c1-26-15-7-6-12(20)10-13(15)18-21-19(23-22-18)28-11-17(25)24-8-2-4-14(24)16-5-3-9-27-16/h3,5-7,9-10,14H,2,4,8,11H2,1H3,(H,21,22,23). The number of ether oxygens (including phenoxy) is 1. The molecule has 28 heavy (non-hydrogen) atoms. The number of thioether (sulfide) groups is 1. The summed E-state index contributed by atoms with van der Waals surface area (Å²) in [6, 6.07) is 9.66. The Morgan fingerprint density at radius 3 is 3.14 bits per heavy atom. The molecule has 1 aliphatic heterocycles. The first kappa shape index (κ1) is 19.3. The maximum absolute atomic E-state index is 12.8. The van der Waals surface area contributed by atoms with E-state index in [4.69, 9.17) is 16.3 Å². The minimum Gasteiger partial charge on any atom is -0.496 e. The number of likely N-dealkylation sites (tertiary alicyclic amines) is 1. The van der Waals surface area contributed by atoms with E-state index < -0.39 is 0 Å². The molecule has 2 aromatic heterocycles. The zero-order chi connectivity index (χ0) is 19.5. The first-order chi connectivity index (χ1) is 13.7. The number of methoxy groups -OCH3 is 1. The summed E-state index contributed by atoms with van der Waals surface area (Å²) >= 11 is 9.13. The lowest BCUT2D eigenvalue weighted by Crippen LogP contribution is -2.31. The van der Waals surface area contributed by atoms with Gasteiger partial charge in [-0.3, -0.25) is 9.89 Å². The summed E-state index contributed by atoms with van der Waals surface area (Å²) in [6.07, 6.45) is 2.06. The summed E-state index contributed by atoms with van der Waals surface area (Å²) in [5.41, 5.74) is 0.734. The van der Waals surface area contributed by atoms with Crippen molar-refractivity contribution in [3.63, 3.8) is 0 Å². The van der Waals surface area contributed by atoms with Gasteiger partial charge in [-0.2, -0.15) is 0 Å². The molecule has 1 amide bonds. The number of H-pyrrole nitrogens is 1. The number of nitrogens with zero attached hydrogens (tertiary/aromatic N) is 3. The number of hydrogen-bond acceptors (Lipinski definition) is 6. The minimum absolute atomic E-state index is 0.118. The van der Waals surface area contributed by atoms with Gasteiger partial charge < -0.3 is 9.64 Å². The Morgan fingerprint density at radius 2 is 2.36 bits per heavy atom. The van der Waals surface area contributed by atoms with Crippen molar-refractivity contribution in [3.8, 4) is 17.1 Å². The Bertz CT molecular complexity index is 961. The van der Waals surface area contributed by atoms with E-state index in [1.54, 1.807) is 36.6 Å². The monoisotopic (exact) mass is 434 g/mol. The second-order valence-electron chi connectivity index (χ2n) is 6.36. The van der Waals surface area contributed by atoms with Crippen molar-refractivity contribution in [2.45, 2.75) is 24.0 Å². The van der Waals surface area contributed by atoms with Gasteiger partial charge in [0.1, 0.15) is 5.75 Å². The van der Waals surface area contributed by atoms with Crippen molar-refractivity contribution in [2.24, 2.45) is 0 Å². The normalized spacial score (nSPS) is 16.5. The van der Waals surface area contributed by atoms with Crippen LogP contribution in [0.15, 0.2) is 40.9 Å². The van der Waals surface area contributed by atoms with Crippen molar-refractivity contribution in [2.75, 3.05) is 19.4 Å². The maximum atomic E-state index is 12.8. The summed E-state index contributed by atoms with van der Waals surface area (Å²) < 4.78 is 5.36. The summed E-state index contributed by atoms with van der Waals surface area (Å²) in [7, 11) is 1.59. The highest BCUT2D eigenvalue weighted by Gasteiger charge is 2.30. The molecule has 146 valence electrons. The molecule has 1 atom stereocenters. The smallest absolute Gasteiger partial charge is 0.233 e. The van der Waals surface area contributed by atoms with Crippen LogP contribution in [0.5, 0.6) is 5.75 Å². The Labute approximate surface area is 176 Å². The van der Waals surface area contributed by atoms with E-state index in [2.05, 4.69) is 26.6 Å². The quantitative estimate of drug-likeness (QED) is 0.571. The Hall–Kier alpha value is -2.03. The first-order valence-electron chi connectivity index (χ1n) is 8.87. The lowest BCUT2D eigenvalue weighted by Gasteiger charge is -2.23. The number of hydrogen-bond donors (Lipinski definition) is 1. The van der Waals surface area contributed by atoms with Crippen molar-refractivity contribution in [1.29, 1.82) is 0 Å². The average molecular weight is 435 g/mol. The lowest BCUT2D eigenvalue weighted by atomic mass is 10.2.